The quantitative estimate of drug-likeness (QED) is 0.771. The molecule has 1 N–H and O–H groups in total. The number of nitrogens with one attached hydrogen (secondary N) is 1. The first-order valence-electron chi connectivity index (χ1n) is 7.62. The lowest BCUT2D eigenvalue weighted by atomic mass is 10.1. The first-order valence-corrected chi connectivity index (χ1v) is 9.33. The lowest BCUT2D eigenvalue weighted by Gasteiger charge is -2.18. The maximum atomic E-state index is 12.1. The lowest BCUT2D eigenvalue weighted by molar-refractivity contribution is 0.427. The van der Waals surface area contributed by atoms with E-state index in [-0.39, 0.29) is 5.25 Å². The molecule has 0 aromatic rings. The molecule has 0 aliphatic heterocycles. The second-order valence-corrected chi connectivity index (χ2v) is 8.83. The van der Waals surface area contributed by atoms with Crippen molar-refractivity contribution in [1.82, 2.24) is 5.32 Å². The average molecular weight is 271 g/mol. The Morgan fingerprint density at radius 1 is 0.944 bits per heavy atom. The van der Waals surface area contributed by atoms with Crippen LogP contribution in [0.15, 0.2) is 0 Å². The van der Waals surface area contributed by atoms with E-state index >= 15 is 0 Å². The molecule has 0 atom stereocenters. The van der Waals surface area contributed by atoms with E-state index in [1.54, 1.807) is 0 Å². The van der Waals surface area contributed by atoms with Crippen LogP contribution in [-0.4, -0.2) is 32.0 Å². The molecule has 0 spiro atoms. The Bertz CT molecular complexity index is 367. The van der Waals surface area contributed by atoms with Gasteiger partial charge in [-0.05, 0) is 50.4 Å². The molecule has 0 bridgehead atoms. The van der Waals surface area contributed by atoms with Crippen LogP contribution < -0.4 is 5.32 Å². The molecule has 0 heterocycles. The van der Waals surface area contributed by atoms with Crippen LogP contribution in [0.3, 0.4) is 0 Å². The molecule has 18 heavy (non-hydrogen) atoms. The van der Waals surface area contributed by atoms with Crippen molar-refractivity contribution in [2.24, 2.45) is 11.8 Å². The normalized spacial score (nSPS) is 26.1. The summed E-state index contributed by atoms with van der Waals surface area (Å²) in [4.78, 5) is 0. The number of hydrogen-bond donors (Lipinski definition) is 1. The van der Waals surface area contributed by atoms with E-state index in [1.165, 1.54) is 25.7 Å². The molecular weight excluding hydrogens is 246 g/mol. The summed E-state index contributed by atoms with van der Waals surface area (Å²) in [6, 6.07) is 0.628. The molecule has 3 aliphatic rings. The van der Waals surface area contributed by atoms with Gasteiger partial charge in [-0.15, -0.1) is 0 Å². The maximum Gasteiger partial charge on any atom is 0.154 e. The van der Waals surface area contributed by atoms with Crippen LogP contribution in [0.2, 0.25) is 0 Å². The third-order valence-electron chi connectivity index (χ3n) is 4.84. The smallest absolute Gasteiger partial charge is 0.154 e. The number of sulfone groups is 1. The van der Waals surface area contributed by atoms with E-state index in [4.69, 9.17) is 0 Å². The Morgan fingerprint density at radius 2 is 1.50 bits per heavy atom. The highest BCUT2D eigenvalue weighted by molar-refractivity contribution is 7.92. The van der Waals surface area contributed by atoms with Gasteiger partial charge in [0.05, 0.1) is 11.0 Å². The maximum absolute atomic E-state index is 12.1. The van der Waals surface area contributed by atoms with Crippen LogP contribution in [0.1, 0.15) is 51.4 Å². The van der Waals surface area contributed by atoms with Crippen molar-refractivity contribution in [1.29, 1.82) is 0 Å². The molecule has 4 heteroatoms. The number of rotatable bonds is 7. The van der Waals surface area contributed by atoms with E-state index in [0.29, 0.717) is 18.3 Å². The molecule has 0 aromatic heterocycles. The van der Waals surface area contributed by atoms with Crippen molar-refractivity contribution in [3.63, 3.8) is 0 Å². The van der Waals surface area contributed by atoms with Gasteiger partial charge in [0.1, 0.15) is 0 Å². The molecule has 3 saturated carbocycles. The van der Waals surface area contributed by atoms with Gasteiger partial charge in [0.25, 0.3) is 0 Å². The SMILES string of the molecule is O=S(=O)(CCNC(C1CC1)C1CC1)C1CCCC1. The molecular formula is C14H25NO2S. The predicted octanol–water partition coefficient (Wildman–Crippen LogP) is 2.12. The third-order valence-corrected chi connectivity index (χ3v) is 7.10. The Balaban J connectivity index is 1.45. The van der Waals surface area contributed by atoms with Crippen molar-refractivity contribution >= 4 is 9.84 Å². The highest BCUT2D eigenvalue weighted by atomic mass is 32.2. The van der Waals surface area contributed by atoms with Gasteiger partial charge in [-0.1, -0.05) is 12.8 Å². The highest BCUT2D eigenvalue weighted by Gasteiger charge is 2.41. The fourth-order valence-electron chi connectivity index (χ4n) is 3.41. The lowest BCUT2D eigenvalue weighted by Crippen LogP contribution is -2.37. The molecule has 3 aliphatic carbocycles. The second-order valence-electron chi connectivity index (χ2n) is 6.43. The largest absolute Gasteiger partial charge is 0.312 e. The second kappa shape index (κ2) is 5.12. The zero-order valence-electron chi connectivity index (χ0n) is 11.1. The molecule has 3 fully saturated rings. The average Bonchev–Trinajstić information content (AvgIpc) is 3.26. The molecule has 104 valence electrons. The van der Waals surface area contributed by atoms with E-state index in [9.17, 15) is 8.42 Å². The summed E-state index contributed by atoms with van der Waals surface area (Å²) in [5.41, 5.74) is 0. The van der Waals surface area contributed by atoms with Crippen LogP contribution in [0, 0.1) is 11.8 Å². The summed E-state index contributed by atoms with van der Waals surface area (Å²) >= 11 is 0. The van der Waals surface area contributed by atoms with E-state index < -0.39 is 9.84 Å². The van der Waals surface area contributed by atoms with E-state index in [2.05, 4.69) is 5.32 Å². The molecule has 0 radical (unpaired) electrons. The monoisotopic (exact) mass is 271 g/mol. The van der Waals surface area contributed by atoms with Crippen LogP contribution in [0.25, 0.3) is 0 Å². The minimum Gasteiger partial charge on any atom is -0.312 e. The van der Waals surface area contributed by atoms with Crippen molar-refractivity contribution < 1.29 is 8.42 Å². The van der Waals surface area contributed by atoms with Gasteiger partial charge in [-0.25, -0.2) is 8.42 Å². The Hall–Kier alpha value is -0.0900. The van der Waals surface area contributed by atoms with Crippen LogP contribution in [0.5, 0.6) is 0 Å². The minimum atomic E-state index is -2.83. The molecule has 0 aromatic carbocycles. The van der Waals surface area contributed by atoms with Gasteiger partial charge in [-0.2, -0.15) is 0 Å². The Morgan fingerprint density at radius 3 is 2.00 bits per heavy atom. The summed E-state index contributed by atoms with van der Waals surface area (Å²) in [5, 5.41) is 3.52. The van der Waals surface area contributed by atoms with Crippen molar-refractivity contribution in [2.45, 2.75) is 62.7 Å². The molecule has 0 saturated heterocycles. The summed E-state index contributed by atoms with van der Waals surface area (Å²) in [6.07, 6.45) is 9.41. The fraction of sp³-hybridized carbons (Fsp3) is 1.00. The molecule has 3 nitrogen and oxygen atoms in total. The zero-order valence-corrected chi connectivity index (χ0v) is 11.9. The Labute approximate surface area is 111 Å². The summed E-state index contributed by atoms with van der Waals surface area (Å²) in [6.45, 7) is 0.677. The fourth-order valence-corrected chi connectivity index (χ4v) is 5.20. The van der Waals surface area contributed by atoms with Crippen LogP contribution in [0.4, 0.5) is 0 Å². The topological polar surface area (TPSA) is 46.2 Å². The minimum absolute atomic E-state index is 0.0281. The summed E-state index contributed by atoms with van der Waals surface area (Å²) < 4.78 is 24.3. The molecule has 3 rings (SSSR count). The first-order chi connectivity index (χ1) is 8.67. The van der Waals surface area contributed by atoms with Crippen LogP contribution >= 0.6 is 0 Å². The van der Waals surface area contributed by atoms with Gasteiger partial charge in [-0.3, -0.25) is 0 Å². The van der Waals surface area contributed by atoms with Gasteiger partial charge >= 0.3 is 0 Å². The third kappa shape index (κ3) is 3.08. The van der Waals surface area contributed by atoms with E-state index in [1.807, 2.05) is 0 Å². The summed E-state index contributed by atoms with van der Waals surface area (Å²) in [7, 11) is -2.83. The van der Waals surface area contributed by atoms with Crippen molar-refractivity contribution in [2.75, 3.05) is 12.3 Å². The van der Waals surface area contributed by atoms with Gasteiger partial charge < -0.3 is 5.32 Å². The number of hydrogen-bond acceptors (Lipinski definition) is 3. The molecule has 0 unspecified atom stereocenters. The van der Waals surface area contributed by atoms with Gasteiger partial charge in [0.15, 0.2) is 9.84 Å². The van der Waals surface area contributed by atoms with Gasteiger partial charge in [0.2, 0.25) is 0 Å². The first kappa shape index (κ1) is 12.9. The van der Waals surface area contributed by atoms with Crippen molar-refractivity contribution in [3.05, 3.63) is 0 Å². The zero-order chi connectivity index (χ0) is 12.6. The van der Waals surface area contributed by atoms with Crippen molar-refractivity contribution in [3.8, 4) is 0 Å². The standard InChI is InChI=1S/C14H25NO2S/c16-18(17,13-3-1-2-4-13)10-9-15-14(11-5-6-11)12-7-8-12/h11-15H,1-10H2. The van der Waals surface area contributed by atoms with E-state index in [0.717, 1.165) is 37.5 Å². The summed E-state index contributed by atoms with van der Waals surface area (Å²) in [5.74, 6) is 2.06. The molecule has 0 amide bonds. The predicted molar refractivity (Wildman–Crippen MR) is 73.3 cm³/mol. The Kier molecular flexibility index (Phi) is 3.68. The van der Waals surface area contributed by atoms with Gasteiger partial charge in [0, 0.05) is 12.6 Å². The van der Waals surface area contributed by atoms with Crippen LogP contribution in [-0.2, 0) is 9.84 Å². The highest BCUT2D eigenvalue weighted by Crippen LogP contribution is 2.44.